The second-order valence-corrected chi connectivity index (χ2v) is 5.35. The molecule has 4 nitrogen and oxygen atoms in total. The van der Waals surface area contributed by atoms with Crippen LogP contribution in [-0.4, -0.2) is 16.6 Å². The lowest BCUT2D eigenvalue weighted by Gasteiger charge is -2.10. The number of hydrogen-bond acceptors (Lipinski definition) is 4. The van der Waals surface area contributed by atoms with Gasteiger partial charge in [-0.1, -0.05) is 18.2 Å². The predicted octanol–water partition coefficient (Wildman–Crippen LogP) is 2.50. The third-order valence-electron chi connectivity index (χ3n) is 3.07. The molecule has 0 spiro atoms. The number of aromatic nitrogens is 2. The van der Waals surface area contributed by atoms with E-state index in [2.05, 4.69) is 38.6 Å². The lowest BCUT2D eigenvalue weighted by Crippen LogP contribution is -2.11. The molecule has 18 heavy (non-hydrogen) atoms. The monoisotopic (exact) mass is 353 g/mol. The third kappa shape index (κ3) is 1.82. The van der Waals surface area contributed by atoms with E-state index < -0.39 is 0 Å². The Morgan fingerprint density at radius 3 is 2.89 bits per heavy atom. The van der Waals surface area contributed by atoms with E-state index in [0.29, 0.717) is 12.4 Å². The minimum absolute atomic E-state index is 0.0826. The van der Waals surface area contributed by atoms with Gasteiger partial charge in [0.15, 0.2) is 0 Å². The molecule has 0 fully saturated rings. The van der Waals surface area contributed by atoms with E-state index in [1.165, 1.54) is 0 Å². The van der Waals surface area contributed by atoms with Crippen molar-refractivity contribution in [2.75, 3.05) is 12.3 Å². The number of halogens is 1. The van der Waals surface area contributed by atoms with Crippen molar-refractivity contribution in [1.29, 1.82) is 0 Å². The lowest BCUT2D eigenvalue weighted by molar-refractivity contribution is 0.339. The molecule has 0 aliphatic carbocycles. The van der Waals surface area contributed by atoms with Gasteiger partial charge in [0.2, 0.25) is 0 Å². The van der Waals surface area contributed by atoms with Crippen molar-refractivity contribution in [3.05, 3.63) is 44.9 Å². The molecule has 1 atom stereocenters. The maximum absolute atomic E-state index is 5.91. The molecule has 1 unspecified atom stereocenters. The molecule has 0 radical (unpaired) electrons. The molecule has 0 amide bonds. The largest absolute Gasteiger partial charge is 0.492 e. The number of nitrogen functional groups attached to an aromatic ring is 1. The van der Waals surface area contributed by atoms with Gasteiger partial charge in [-0.15, -0.1) is 0 Å². The van der Waals surface area contributed by atoms with Crippen LogP contribution in [0.5, 0.6) is 5.75 Å². The van der Waals surface area contributed by atoms with Crippen molar-refractivity contribution in [2.24, 2.45) is 0 Å². The van der Waals surface area contributed by atoms with E-state index in [0.717, 1.165) is 26.4 Å². The molecule has 1 aliphatic rings. The Labute approximate surface area is 119 Å². The van der Waals surface area contributed by atoms with Crippen LogP contribution in [0.1, 0.15) is 23.0 Å². The second-order valence-electron chi connectivity index (χ2n) is 4.27. The summed E-state index contributed by atoms with van der Waals surface area (Å²) in [5.74, 6) is 2.29. The first-order valence-corrected chi connectivity index (χ1v) is 6.76. The number of ether oxygens (including phenoxy) is 1. The predicted molar refractivity (Wildman–Crippen MR) is 77.7 cm³/mol. The molecule has 2 aromatic rings. The summed E-state index contributed by atoms with van der Waals surface area (Å²) in [4.78, 5) is 8.93. The van der Waals surface area contributed by atoms with Crippen molar-refractivity contribution < 1.29 is 4.74 Å². The lowest BCUT2D eigenvalue weighted by atomic mass is 10.0. The van der Waals surface area contributed by atoms with Gasteiger partial charge in [-0.05, 0) is 35.6 Å². The zero-order valence-corrected chi connectivity index (χ0v) is 12.0. The number of nitrogens with zero attached hydrogens (tertiary/aromatic N) is 2. The van der Waals surface area contributed by atoms with Gasteiger partial charge in [-0.25, -0.2) is 9.97 Å². The van der Waals surface area contributed by atoms with E-state index in [4.69, 9.17) is 10.5 Å². The highest BCUT2D eigenvalue weighted by molar-refractivity contribution is 14.1. The average molecular weight is 353 g/mol. The zero-order chi connectivity index (χ0) is 12.7. The highest BCUT2D eigenvalue weighted by atomic mass is 127. The molecule has 2 N–H and O–H groups in total. The number of fused-ring (bicyclic) bond motifs is 1. The van der Waals surface area contributed by atoms with Crippen LogP contribution in [0.4, 0.5) is 5.82 Å². The van der Waals surface area contributed by atoms with Crippen LogP contribution in [0.15, 0.2) is 24.3 Å². The molecule has 3 rings (SSSR count). The number of rotatable bonds is 1. The van der Waals surface area contributed by atoms with Crippen molar-refractivity contribution in [2.45, 2.75) is 12.8 Å². The van der Waals surface area contributed by atoms with Crippen molar-refractivity contribution in [3.63, 3.8) is 0 Å². The van der Waals surface area contributed by atoms with Crippen LogP contribution in [0.2, 0.25) is 0 Å². The summed E-state index contributed by atoms with van der Waals surface area (Å²) in [6.45, 7) is 2.53. The second kappa shape index (κ2) is 4.38. The Hall–Kier alpha value is -1.37. The maximum Gasteiger partial charge on any atom is 0.142 e. The molecule has 1 aromatic heterocycles. The SMILES string of the molecule is Cc1nc(C2COc3ccccc32)nc(N)c1I. The van der Waals surface area contributed by atoms with Crippen LogP contribution >= 0.6 is 22.6 Å². The van der Waals surface area contributed by atoms with Gasteiger partial charge in [0.1, 0.15) is 24.0 Å². The van der Waals surface area contributed by atoms with E-state index in [1.807, 2.05) is 25.1 Å². The molecule has 5 heteroatoms. The number of hydrogen-bond donors (Lipinski definition) is 1. The standard InChI is InChI=1S/C13H12IN3O/c1-7-11(14)12(15)17-13(16-7)9-6-18-10-5-3-2-4-8(9)10/h2-5,9H,6H2,1H3,(H2,15,16,17). The smallest absolute Gasteiger partial charge is 0.142 e. The molecule has 2 heterocycles. The maximum atomic E-state index is 5.91. The Balaban J connectivity index is 2.08. The third-order valence-corrected chi connectivity index (χ3v) is 4.40. The van der Waals surface area contributed by atoms with E-state index in [9.17, 15) is 0 Å². The number of nitrogens with two attached hydrogens (primary N) is 1. The fraction of sp³-hybridized carbons (Fsp3) is 0.231. The van der Waals surface area contributed by atoms with Gasteiger partial charge >= 0.3 is 0 Å². The zero-order valence-electron chi connectivity index (χ0n) is 9.85. The first-order chi connectivity index (χ1) is 8.66. The first kappa shape index (κ1) is 11.7. The summed E-state index contributed by atoms with van der Waals surface area (Å²) in [6, 6.07) is 8.00. The fourth-order valence-electron chi connectivity index (χ4n) is 2.14. The van der Waals surface area contributed by atoms with E-state index >= 15 is 0 Å². The molecule has 0 saturated heterocycles. The Kier molecular flexibility index (Phi) is 2.85. The van der Waals surface area contributed by atoms with Gasteiger partial charge in [0, 0.05) is 5.56 Å². The van der Waals surface area contributed by atoms with Gasteiger partial charge in [-0.3, -0.25) is 0 Å². The van der Waals surface area contributed by atoms with Crippen LogP contribution in [-0.2, 0) is 0 Å². The van der Waals surface area contributed by atoms with E-state index in [-0.39, 0.29) is 5.92 Å². The molecule has 1 aromatic carbocycles. The van der Waals surface area contributed by atoms with E-state index in [1.54, 1.807) is 0 Å². The minimum Gasteiger partial charge on any atom is -0.492 e. The quantitative estimate of drug-likeness (QED) is 0.801. The van der Waals surface area contributed by atoms with Gasteiger partial charge in [0.05, 0.1) is 15.2 Å². The normalized spacial score (nSPS) is 17.3. The summed E-state index contributed by atoms with van der Waals surface area (Å²) in [7, 11) is 0. The summed E-state index contributed by atoms with van der Waals surface area (Å²) in [5.41, 5.74) is 7.97. The van der Waals surface area contributed by atoms with Gasteiger partial charge < -0.3 is 10.5 Å². The van der Waals surface area contributed by atoms with Gasteiger partial charge in [-0.2, -0.15) is 0 Å². The number of benzene rings is 1. The Morgan fingerprint density at radius 2 is 2.11 bits per heavy atom. The highest BCUT2D eigenvalue weighted by Crippen LogP contribution is 2.37. The summed E-state index contributed by atoms with van der Waals surface area (Å²) < 4.78 is 6.57. The van der Waals surface area contributed by atoms with Crippen molar-refractivity contribution in [1.82, 2.24) is 9.97 Å². The topological polar surface area (TPSA) is 61.0 Å². The Bertz CT molecular complexity index is 592. The molecule has 0 saturated carbocycles. The summed E-state index contributed by atoms with van der Waals surface area (Å²) >= 11 is 2.17. The van der Waals surface area contributed by atoms with Crippen LogP contribution < -0.4 is 10.5 Å². The minimum atomic E-state index is 0.0826. The first-order valence-electron chi connectivity index (χ1n) is 5.68. The number of anilines is 1. The highest BCUT2D eigenvalue weighted by Gasteiger charge is 2.28. The molecule has 1 aliphatic heterocycles. The van der Waals surface area contributed by atoms with Gasteiger partial charge in [0.25, 0.3) is 0 Å². The average Bonchev–Trinajstić information content (AvgIpc) is 2.79. The summed E-state index contributed by atoms with van der Waals surface area (Å²) in [5, 5.41) is 0. The molecular formula is C13H12IN3O. The van der Waals surface area contributed by atoms with Crippen molar-refractivity contribution >= 4 is 28.4 Å². The number of aryl methyl sites for hydroxylation is 1. The molecular weight excluding hydrogens is 341 g/mol. The number of para-hydroxylation sites is 1. The fourth-order valence-corrected chi connectivity index (χ4v) is 2.38. The van der Waals surface area contributed by atoms with Crippen LogP contribution in [0, 0.1) is 10.5 Å². The van der Waals surface area contributed by atoms with Crippen LogP contribution in [0.3, 0.4) is 0 Å². The molecule has 0 bridgehead atoms. The van der Waals surface area contributed by atoms with Crippen LogP contribution in [0.25, 0.3) is 0 Å². The summed E-state index contributed by atoms with van der Waals surface area (Å²) in [6.07, 6.45) is 0. The molecule has 92 valence electrons. The van der Waals surface area contributed by atoms with Crippen molar-refractivity contribution in [3.8, 4) is 5.75 Å². The Morgan fingerprint density at radius 1 is 1.33 bits per heavy atom.